The molecule has 0 spiro atoms. The maximum absolute atomic E-state index is 10.2. The van der Waals surface area contributed by atoms with Crippen LogP contribution in [0.1, 0.15) is 11.7 Å². The predicted molar refractivity (Wildman–Crippen MR) is 86.7 cm³/mol. The van der Waals surface area contributed by atoms with Crippen LogP contribution in [0.4, 0.5) is 0 Å². The molecule has 2 aromatic carbocycles. The molecule has 3 aromatic rings. The number of hydrogen-bond donors (Lipinski definition) is 2. The molecule has 0 bridgehead atoms. The topological polar surface area (TPSA) is 55.5 Å². The standard InChI is InChI=1S/C17H17NO2S/c18-11-14(19)16(12-5-2-1-3-6-12)20-15-8-4-7-13-9-10-21-17(13)15/h1-10,14,16,19H,11,18H2/t14-,16-/m1/s1. The van der Waals surface area contributed by atoms with Crippen molar-refractivity contribution in [2.45, 2.75) is 12.2 Å². The Balaban J connectivity index is 1.97. The number of nitrogens with two attached hydrogens (primary N) is 1. The highest BCUT2D eigenvalue weighted by atomic mass is 32.1. The molecule has 0 saturated heterocycles. The van der Waals surface area contributed by atoms with E-state index >= 15 is 0 Å². The van der Waals surface area contributed by atoms with Gasteiger partial charge >= 0.3 is 0 Å². The number of hydrogen-bond acceptors (Lipinski definition) is 4. The van der Waals surface area contributed by atoms with Crippen molar-refractivity contribution in [2.24, 2.45) is 5.73 Å². The van der Waals surface area contributed by atoms with Gasteiger partial charge in [0.2, 0.25) is 0 Å². The summed E-state index contributed by atoms with van der Waals surface area (Å²) in [6.45, 7) is 0.153. The molecule has 0 saturated carbocycles. The number of aliphatic hydroxyl groups excluding tert-OH is 1. The van der Waals surface area contributed by atoms with Crippen molar-refractivity contribution in [2.75, 3.05) is 6.54 Å². The van der Waals surface area contributed by atoms with Crippen LogP contribution in [0, 0.1) is 0 Å². The van der Waals surface area contributed by atoms with Gasteiger partial charge in [-0.3, -0.25) is 0 Å². The van der Waals surface area contributed by atoms with Crippen LogP contribution in [0.2, 0.25) is 0 Å². The molecule has 0 aliphatic rings. The summed E-state index contributed by atoms with van der Waals surface area (Å²) in [5.41, 5.74) is 6.55. The van der Waals surface area contributed by atoms with Crippen molar-refractivity contribution in [1.29, 1.82) is 0 Å². The largest absolute Gasteiger partial charge is 0.481 e. The van der Waals surface area contributed by atoms with Gasteiger partial charge in [-0.05, 0) is 28.5 Å². The number of rotatable bonds is 5. The van der Waals surface area contributed by atoms with Crippen molar-refractivity contribution in [3.8, 4) is 5.75 Å². The van der Waals surface area contributed by atoms with E-state index in [1.165, 1.54) is 0 Å². The number of benzene rings is 2. The molecule has 4 heteroatoms. The summed E-state index contributed by atoms with van der Waals surface area (Å²) in [6.07, 6.45) is -1.22. The minimum Gasteiger partial charge on any atom is -0.481 e. The molecule has 3 nitrogen and oxygen atoms in total. The lowest BCUT2D eigenvalue weighted by Crippen LogP contribution is -2.30. The maximum Gasteiger partial charge on any atom is 0.151 e. The van der Waals surface area contributed by atoms with Gasteiger partial charge in [-0.25, -0.2) is 0 Å². The van der Waals surface area contributed by atoms with Gasteiger partial charge in [0.25, 0.3) is 0 Å². The van der Waals surface area contributed by atoms with Gasteiger partial charge in [0.1, 0.15) is 11.9 Å². The van der Waals surface area contributed by atoms with Crippen LogP contribution < -0.4 is 10.5 Å². The second kappa shape index (κ2) is 6.26. The zero-order valence-electron chi connectivity index (χ0n) is 11.5. The lowest BCUT2D eigenvalue weighted by Gasteiger charge is -2.24. The molecule has 0 unspecified atom stereocenters. The first-order valence-electron chi connectivity index (χ1n) is 6.85. The molecule has 21 heavy (non-hydrogen) atoms. The van der Waals surface area contributed by atoms with Gasteiger partial charge in [0, 0.05) is 6.54 Å². The monoisotopic (exact) mass is 299 g/mol. The fraction of sp³-hybridized carbons (Fsp3) is 0.176. The molecule has 0 amide bonds. The number of ether oxygens (including phenoxy) is 1. The van der Waals surface area contributed by atoms with Crippen LogP contribution in [0.3, 0.4) is 0 Å². The average molecular weight is 299 g/mol. The summed E-state index contributed by atoms with van der Waals surface area (Å²) in [5, 5.41) is 13.4. The molecule has 0 aliphatic heterocycles. The van der Waals surface area contributed by atoms with Gasteiger partial charge in [-0.2, -0.15) is 0 Å². The zero-order valence-corrected chi connectivity index (χ0v) is 12.3. The smallest absolute Gasteiger partial charge is 0.151 e. The van der Waals surface area contributed by atoms with Gasteiger partial charge < -0.3 is 15.6 Å². The molecule has 0 fully saturated rings. The Bertz CT molecular complexity index is 711. The molecule has 0 radical (unpaired) electrons. The molecule has 1 heterocycles. The highest BCUT2D eigenvalue weighted by Gasteiger charge is 2.22. The summed E-state index contributed by atoms with van der Waals surface area (Å²) in [7, 11) is 0. The van der Waals surface area contributed by atoms with Crippen molar-refractivity contribution in [1.82, 2.24) is 0 Å². The maximum atomic E-state index is 10.2. The summed E-state index contributed by atoms with van der Waals surface area (Å²) in [4.78, 5) is 0. The van der Waals surface area contributed by atoms with E-state index in [0.29, 0.717) is 0 Å². The Kier molecular flexibility index (Phi) is 4.20. The fourth-order valence-electron chi connectivity index (χ4n) is 2.33. The molecule has 2 atom stereocenters. The SMILES string of the molecule is NC[C@@H](O)[C@H](Oc1cccc2ccsc12)c1ccccc1. The van der Waals surface area contributed by atoms with Crippen molar-refractivity contribution >= 4 is 21.4 Å². The molecule has 1 aromatic heterocycles. The highest BCUT2D eigenvalue weighted by molar-refractivity contribution is 7.17. The number of fused-ring (bicyclic) bond motifs is 1. The molecule has 108 valence electrons. The third kappa shape index (κ3) is 2.93. The second-order valence-corrected chi connectivity index (χ2v) is 5.76. The lowest BCUT2D eigenvalue weighted by atomic mass is 10.0. The van der Waals surface area contributed by atoms with Crippen LogP contribution in [-0.4, -0.2) is 17.8 Å². The van der Waals surface area contributed by atoms with Gasteiger partial charge in [-0.15, -0.1) is 11.3 Å². The van der Waals surface area contributed by atoms with E-state index in [0.717, 1.165) is 21.4 Å². The summed E-state index contributed by atoms with van der Waals surface area (Å²) >= 11 is 1.63. The molecule has 3 rings (SSSR count). The average Bonchev–Trinajstić information content (AvgIpc) is 3.02. The molecule has 0 aliphatic carbocycles. The third-order valence-electron chi connectivity index (χ3n) is 3.42. The normalized spacial score (nSPS) is 14.0. The van der Waals surface area contributed by atoms with E-state index in [-0.39, 0.29) is 6.54 Å². The van der Waals surface area contributed by atoms with Crippen molar-refractivity contribution in [3.05, 3.63) is 65.5 Å². The fourth-order valence-corrected chi connectivity index (χ4v) is 3.19. The number of thiophene rings is 1. The minimum absolute atomic E-state index is 0.153. The van der Waals surface area contributed by atoms with Crippen LogP contribution in [-0.2, 0) is 0 Å². The zero-order chi connectivity index (χ0) is 14.7. The Labute approximate surface area is 127 Å². The van der Waals surface area contributed by atoms with Crippen LogP contribution in [0.15, 0.2) is 60.0 Å². The highest BCUT2D eigenvalue weighted by Crippen LogP contribution is 2.34. The second-order valence-electron chi connectivity index (χ2n) is 4.85. The minimum atomic E-state index is -0.748. The summed E-state index contributed by atoms with van der Waals surface area (Å²) < 4.78 is 7.19. The summed E-state index contributed by atoms with van der Waals surface area (Å²) in [5.74, 6) is 0.781. The van der Waals surface area contributed by atoms with E-state index in [4.69, 9.17) is 10.5 Å². The molecular weight excluding hydrogens is 282 g/mol. The predicted octanol–water partition coefficient (Wildman–Crippen LogP) is 3.34. The Morgan fingerprint density at radius 1 is 1.05 bits per heavy atom. The third-order valence-corrected chi connectivity index (χ3v) is 4.36. The van der Waals surface area contributed by atoms with Crippen LogP contribution in [0.5, 0.6) is 5.75 Å². The van der Waals surface area contributed by atoms with Crippen LogP contribution >= 0.6 is 11.3 Å². The Hall–Kier alpha value is -1.88. The van der Waals surface area contributed by atoms with E-state index < -0.39 is 12.2 Å². The number of aliphatic hydroxyl groups is 1. The van der Waals surface area contributed by atoms with Gasteiger partial charge in [-0.1, -0.05) is 42.5 Å². The molecule has 3 N–H and O–H groups in total. The van der Waals surface area contributed by atoms with Crippen molar-refractivity contribution in [3.63, 3.8) is 0 Å². The Morgan fingerprint density at radius 3 is 2.62 bits per heavy atom. The first kappa shape index (κ1) is 14.1. The van der Waals surface area contributed by atoms with E-state index in [1.54, 1.807) is 11.3 Å². The first-order chi connectivity index (χ1) is 10.3. The van der Waals surface area contributed by atoms with Gasteiger partial charge in [0.15, 0.2) is 6.10 Å². The van der Waals surface area contributed by atoms with Crippen LogP contribution in [0.25, 0.3) is 10.1 Å². The Morgan fingerprint density at radius 2 is 1.86 bits per heavy atom. The molecular formula is C17H17NO2S. The quantitative estimate of drug-likeness (QED) is 0.759. The summed E-state index contributed by atoms with van der Waals surface area (Å²) in [6, 6.07) is 17.7. The first-order valence-corrected chi connectivity index (χ1v) is 7.73. The van der Waals surface area contributed by atoms with Gasteiger partial charge in [0.05, 0.1) is 4.70 Å². The van der Waals surface area contributed by atoms with E-state index in [1.807, 2.05) is 47.8 Å². The van der Waals surface area contributed by atoms with Crippen molar-refractivity contribution < 1.29 is 9.84 Å². The van der Waals surface area contributed by atoms with E-state index in [2.05, 4.69) is 12.1 Å². The lowest BCUT2D eigenvalue weighted by molar-refractivity contribution is 0.0424. The van der Waals surface area contributed by atoms with E-state index in [9.17, 15) is 5.11 Å².